The molecule has 0 spiro atoms. The Morgan fingerprint density at radius 2 is 2.13 bits per heavy atom. The van der Waals surface area contributed by atoms with Gasteiger partial charge in [0.2, 0.25) is 0 Å². The normalized spacial score (nSPS) is 11.4. The quantitative estimate of drug-likeness (QED) is 0.738. The molecule has 0 radical (unpaired) electrons. The lowest BCUT2D eigenvalue weighted by Crippen LogP contribution is -2.11. The number of aromatic carboxylic acids is 1. The Balaban J connectivity index is 2.15. The number of benzene rings is 1. The highest BCUT2D eigenvalue weighted by atomic mass is 32.1. The molecule has 3 rings (SSSR count). The number of imidazole rings is 1. The van der Waals surface area contributed by atoms with E-state index in [9.17, 15) is 9.90 Å². The van der Waals surface area contributed by atoms with Gasteiger partial charge in [-0.25, -0.2) is 9.78 Å². The number of nitrogens with zero attached hydrogens (tertiary/aromatic N) is 3. The van der Waals surface area contributed by atoms with E-state index in [-0.39, 0.29) is 5.56 Å². The van der Waals surface area contributed by atoms with Crippen LogP contribution in [-0.2, 0) is 6.42 Å². The minimum Gasteiger partial charge on any atom is -0.478 e. The van der Waals surface area contributed by atoms with E-state index in [1.165, 1.54) is 0 Å². The third kappa shape index (κ3) is 2.99. The van der Waals surface area contributed by atoms with E-state index in [0.29, 0.717) is 6.04 Å². The Kier molecular flexibility index (Phi) is 4.43. The summed E-state index contributed by atoms with van der Waals surface area (Å²) >= 11 is 1.61. The van der Waals surface area contributed by atoms with Gasteiger partial charge in [0, 0.05) is 23.5 Å². The van der Waals surface area contributed by atoms with Gasteiger partial charge in [-0.1, -0.05) is 13.8 Å². The average molecular weight is 329 g/mol. The molecule has 0 saturated carbocycles. The van der Waals surface area contributed by atoms with Crippen molar-refractivity contribution in [3.05, 3.63) is 46.2 Å². The number of fused-ring (bicyclic) bond motifs is 1. The molecule has 5 nitrogen and oxygen atoms in total. The SMILES string of the molecule is CCC(CC)n1c(Cc2cncs2)nc2cc(C(=O)O)ccc21. The molecule has 2 aromatic heterocycles. The van der Waals surface area contributed by atoms with Crippen molar-refractivity contribution in [2.45, 2.75) is 39.2 Å². The molecule has 0 aliphatic heterocycles. The predicted octanol–water partition coefficient (Wildman–Crippen LogP) is 4.14. The van der Waals surface area contributed by atoms with Crippen molar-refractivity contribution in [2.24, 2.45) is 0 Å². The van der Waals surface area contributed by atoms with Crippen LogP contribution in [-0.4, -0.2) is 25.6 Å². The minimum absolute atomic E-state index is 0.274. The molecule has 0 saturated heterocycles. The van der Waals surface area contributed by atoms with Crippen LogP contribution < -0.4 is 0 Å². The standard InChI is InChI=1S/C17H19N3O2S/c1-3-12(4-2)20-15-6-5-11(17(21)22)7-14(15)19-16(20)8-13-9-18-10-23-13/h5-7,9-10,12H,3-4,8H2,1-2H3,(H,21,22). The molecule has 23 heavy (non-hydrogen) atoms. The van der Waals surface area contributed by atoms with E-state index >= 15 is 0 Å². The van der Waals surface area contributed by atoms with Crippen LogP contribution in [0.1, 0.15) is 53.8 Å². The van der Waals surface area contributed by atoms with Crippen LogP contribution in [0.15, 0.2) is 29.9 Å². The van der Waals surface area contributed by atoms with Crippen LogP contribution in [0.25, 0.3) is 11.0 Å². The van der Waals surface area contributed by atoms with Gasteiger partial charge in [-0.2, -0.15) is 0 Å². The number of rotatable bonds is 6. The number of carboxylic acids is 1. The third-order valence-corrected chi connectivity index (χ3v) is 4.91. The van der Waals surface area contributed by atoms with Crippen LogP contribution in [0.3, 0.4) is 0 Å². The topological polar surface area (TPSA) is 68.0 Å². The molecule has 0 aliphatic carbocycles. The van der Waals surface area contributed by atoms with Gasteiger partial charge in [0.15, 0.2) is 0 Å². The fraction of sp³-hybridized carbons (Fsp3) is 0.353. The number of carboxylic acid groups (broad SMARTS) is 1. The van der Waals surface area contributed by atoms with Gasteiger partial charge in [0.1, 0.15) is 5.82 Å². The summed E-state index contributed by atoms with van der Waals surface area (Å²) in [6.45, 7) is 4.34. The van der Waals surface area contributed by atoms with Gasteiger partial charge in [-0.05, 0) is 31.0 Å². The van der Waals surface area contributed by atoms with E-state index in [1.807, 2.05) is 17.8 Å². The van der Waals surface area contributed by atoms with Crippen molar-refractivity contribution in [2.75, 3.05) is 0 Å². The van der Waals surface area contributed by atoms with Gasteiger partial charge in [0.25, 0.3) is 0 Å². The Bertz CT molecular complexity index is 820. The summed E-state index contributed by atoms with van der Waals surface area (Å²) in [6, 6.07) is 5.55. The molecule has 0 amide bonds. The molecule has 0 atom stereocenters. The molecule has 2 heterocycles. The number of hydrogen-bond donors (Lipinski definition) is 1. The molecule has 1 aromatic carbocycles. The third-order valence-electron chi connectivity index (χ3n) is 4.13. The van der Waals surface area contributed by atoms with E-state index in [0.717, 1.165) is 41.0 Å². The van der Waals surface area contributed by atoms with Gasteiger partial charge in [-0.15, -0.1) is 11.3 Å². The van der Waals surface area contributed by atoms with Gasteiger partial charge >= 0.3 is 5.97 Å². The Morgan fingerprint density at radius 3 is 2.74 bits per heavy atom. The van der Waals surface area contributed by atoms with Crippen molar-refractivity contribution in [1.82, 2.24) is 14.5 Å². The Labute approximate surface area is 138 Å². The summed E-state index contributed by atoms with van der Waals surface area (Å²) in [7, 11) is 0. The summed E-state index contributed by atoms with van der Waals surface area (Å²) in [5.74, 6) is 0.0495. The minimum atomic E-state index is -0.923. The number of thiazole rings is 1. The van der Waals surface area contributed by atoms with Gasteiger partial charge < -0.3 is 9.67 Å². The Hall–Kier alpha value is -2.21. The zero-order chi connectivity index (χ0) is 16.4. The van der Waals surface area contributed by atoms with Crippen LogP contribution in [0.5, 0.6) is 0 Å². The highest BCUT2D eigenvalue weighted by Gasteiger charge is 2.18. The van der Waals surface area contributed by atoms with Crippen molar-refractivity contribution in [3.63, 3.8) is 0 Å². The van der Waals surface area contributed by atoms with Crippen molar-refractivity contribution in [1.29, 1.82) is 0 Å². The maximum Gasteiger partial charge on any atom is 0.335 e. The molecular weight excluding hydrogens is 310 g/mol. The first-order valence-corrected chi connectivity index (χ1v) is 8.63. The molecule has 0 unspecified atom stereocenters. The summed E-state index contributed by atoms with van der Waals surface area (Å²) in [5.41, 5.74) is 3.85. The van der Waals surface area contributed by atoms with Crippen LogP contribution >= 0.6 is 11.3 Å². The average Bonchev–Trinajstić information content (AvgIpc) is 3.16. The second-order valence-corrected chi connectivity index (χ2v) is 6.49. The molecule has 1 N–H and O–H groups in total. The zero-order valence-corrected chi connectivity index (χ0v) is 14.0. The van der Waals surface area contributed by atoms with Crippen LogP contribution in [0.2, 0.25) is 0 Å². The predicted molar refractivity (Wildman–Crippen MR) is 91.2 cm³/mol. The molecule has 120 valence electrons. The lowest BCUT2D eigenvalue weighted by atomic mass is 10.1. The number of hydrogen-bond acceptors (Lipinski definition) is 4. The molecule has 0 aliphatic rings. The van der Waals surface area contributed by atoms with Gasteiger partial charge in [-0.3, -0.25) is 4.98 Å². The molecule has 0 fully saturated rings. The Morgan fingerprint density at radius 1 is 1.35 bits per heavy atom. The first kappa shape index (κ1) is 15.7. The van der Waals surface area contributed by atoms with Crippen molar-refractivity contribution < 1.29 is 9.90 Å². The molecule has 6 heteroatoms. The molecular formula is C17H19N3O2S. The van der Waals surface area contributed by atoms with E-state index < -0.39 is 5.97 Å². The fourth-order valence-electron chi connectivity index (χ4n) is 2.95. The number of aromatic nitrogens is 3. The summed E-state index contributed by atoms with van der Waals surface area (Å²) < 4.78 is 2.26. The highest BCUT2D eigenvalue weighted by molar-refractivity contribution is 7.09. The van der Waals surface area contributed by atoms with Crippen LogP contribution in [0, 0.1) is 0 Å². The monoisotopic (exact) mass is 329 g/mol. The highest BCUT2D eigenvalue weighted by Crippen LogP contribution is 2.28. The van der Waals surface area contributed by atoms with E-state index in [1.54, 1.807) is 23.5 Å². The first-order valence-electron chi connectivity index (χ1n) is 7.75. The summed E-state index contributed by atoms with van der Waals surface area (Å²) in [4.78, 5) is 21.2. The maximum absolute atomic E-state index is 11.2. The number of carbonyl (C=O) groups is 1. The lowest BCUT2D eigenvalue weighted by molar-refractivity contribution is 0.0697. The fourth-order valence-corrected chi connectivity index (χ4v) is 3.54. The first-order chi connectivity index (χ1) is 11.1. The second-order valence-electron chi connectivity index (χ2n) is 5.52. The van der Waals surface area contributed by atoms with Crippen molar-refractivity contribution in [3.8, 4) is 0 Å². The molecule has 0 bridgehead atoms. The second kappa shape index (κ2) is 6.50. The zero-order valence-electron chi connectivity index (χ0n) is 13.2. The van der Waals surface area contributed by atoms with Gasteiger partial charge in [0.05, 0.1) is 22.1 Å². The van der Waals surface area contributed by atoms with Crippen LogP contribution in [0.4, 0.5) is 0 Å². The smallest absolute Gasteiger partial charge is 0.335 e. The summed E-state index contributed by atoms with van der Waals surface area (Å²) in [5, 5.41) is 9.19. The maximum atomic E-state index is 11.2. The van der Waals surface area contributed by atoms with E-state index in [2.05, 4.69) is 23.4 Å². The van der Waals surface area contributed by atoms with Crippen molar-refractivity contribution >= 4 is 28.3 Å². The molecule has 3 aromatic rings. The largest absolute Gasteiger partial charge is 0.478 e. The lowest BCUT2D eigenvalue weighted by Gasteiger charge is -2.18. The van der Waals surface area contributed by atoms with E-state index in [4.69, 9.17) is 4.98 Å². The summed E-state index contributed by atoms with van der Waals surface area (Å²) in [6.07, 6.45) is 4.61.